The molecule has 5 heterocycles. The second-order valence-electron chi connectivity index (χ2n) is 8.49. The third kappa shape index (κ3) is 4.09. The van der Waals surface area contributed by atoms with Gasteiger partial charge in [-0.05, 0) is 0 Å². The summed E-state index contributed by atoms with van der Waals surface area (Å²) in [5, 5.41) is 17.9. The molecule has 4 aliphatic heterocycles. The number of ether oxygens (including phenoxy) is 1. The summed E-state index contributed by atoms with van der Waals surface area (Å²) in [6.07, 6.45) is 4.08. The van der Waals surface area contributed by atoms with Crippen molar-refractivity contribution in [3.63, 3.8) is 0 Å². The molecule has 0 unspecified atom stereocenters. The van der Waals surface area contributed by atoms with Gasteiger partial charge in [-0.3, -0.25) is 19.0 Å². The maximum absolute atomic E-state index is 13.0. The number of β-lactam (4-membered cyclic amide) rings is 1. The number of aliphatic carboxylic acids is 1. The second kappa shape index (κ2) is 8.75. The Balaban J connectivity index is 1.34. The number of carboxylic acid groups (broad SMARTS) is 1. The summed E-state index contributed by atoms with van der Waals surface area (Å²) in [6, 6.07) is -0.960. The van der Waals surface area contributed by atoms with Crippen LogP contribution in [0.3, 0.4) is 0 Å². The Morgan fingerprint density at radius 1 is 1.40 bits per heavy atom. The summed E-state index contributed by atoms with van der Waals surface area (Å²) in [4.78, 5) is 47.8. The van der Waals surface area contributed by atoms with E-state index in [-0.39, 0.29) is 22.4 Å². The molecule has 0 spiro atoms. The van der Waals surface area contributed by atoms with E-state index in [2.05, 4.69) is 19.8 Å². The van der Waals surface area contributed by atoms with Gasteiger partial charge in [0, 0.05) is 34.0 Å². The molecular formula is C20H21N7O6S2. The predicted octanol–water partition coefficient (Wildman–Crippen LogP) is -1.87. The summed E-state index contributed by atoms with van der Waals surface area (Å²) in [5.41, 5.74) is 7.97. The SMILES string of the molecule is CO/N=C(\C(=O)N[C@@H]1C(=O)N2C(C(=O)[O-])=C(C[N+]3(C)C=C4COCC4=C3)CS[C@H]12)c1nsc(N)n1. The number of nitrogens with two attached hydrogens (primary N) is 1. The fourth-order valence-corrected chi connectivity index (χ4v) is 6.33. The van der Waals surface area contributed by atoms with Crippen LogP contribution < -0.4 is 16.2 Å². The van der Waals surface area contributed by atoms with Crippen LogP contribution in [-0.4, -0.2) is 93.3 Å². The summed E-state index contributed by atoms with van der Waals surface area (Å²) in [7, 11) is 3.22. The Kier molecular flexibility index (Phi) is 5.86. The van der Waals surface area contributed by atoms with Crippen molar-refractivity contribution in [2.75, 3.05) is 45.4 Å². The Labute approximate surface area is 207 Å². The minimum atomic E-state index is -1.43. The Morgan fingerprint density at radius 3 is 2.71 bits per heavy atom. The molecule has 5 rings (SSSR count). The third-order valence-electron chi connectivity index (χ3n) is 5.94. The van der Waals surface area contributed by atoms with E-state index >= 15 is 0 Å². The van der Waals surface area contributed by atoms with Gasteiger partial charge in [-0.15, -0.1) is 11.8 Å². The zero-order valence-corrected chi connectivity index (χ0v) is 20.4. The minimum absolute atomic E-state index is 0.0367. The van der Waals surface area contributed by atoms with Gasteiger partial charge in [0.2, 0.25) is 11.5 Å². The molecule has 0 aliphatic carbocycles. The van der Waals surface area contributed by atoms with Gasteiger partial charge in [-0.2, -0.15) is 9.36 Å². The van der Waals surface area contributed by atoms with Crippen molar-refractivity contribution in [1.29, 1.82) is 0 Å². The number of carbonyl (C=O) groups is 3. The molecule has 0 aromatic carbocycles. The molecule has 1 aromatic rings. The lowest BCUT2D eigenvalue weighted by Gasteiger charge is -2.51. The molecule has 2 fully saturated rings. The number of hydrogen-bond acceptors (Lipinski definition) is 12. The number of nitrogen functional groups attached to an aromatic ring is 1. The molecule has 15 heteroatoms. The molecule has 13 nitrogen and oxygen atoms in total. The maximum Gasteiger partial charge on any atom is 0.278 e. The van der Waals surface area contributed by atoms with Gasteiger partial charge < -0.3 is 30.5 Å². The molecule has 0 saturated carbocycles. The highest BCUT2D eigenvalue weighted by atomic mass is 32.2. The molecule has 0 radical (unpaired) electrons. The number of thioether (sulfide) groups is 1. The van der Waals surface area contributed by atoms with Crippen LogP contribution in [0.2, 0.25) is 0 Å². The Hall–Kier alpha value is -3.27. The normalized spacial score (nSPS) is 24.9. The molecule has 184 valence electrons. The number of amides is 2. The predicted molar refractivity (Wildman–Crippen MR) is 123 cm³/mol. The van der Waals surface area contributed by atoms with E-state index in [1.165, 1.54) is 23.8 Å². The number of anilines is 1. The van der Waals surface area contributed by atoms with Crippen LogP contribution in [0.5, 0.6) is 0 Å². The highest BCUT2D eigenvalue weighted by Gasteiger charge is 2.54. The molecule has 35 heavy (non-hydrogen) atoms. The number of aromatic nitrogens is 2. The van der Waals surface area contributed by atoms with Crippen LogP contribution >= 0.6 is 23.3 Å². The molecule has 3 N–H and O–H groups in total. The van der Waals surface area contributed by atoms with Crippen LogP contribution in [0.4, 0.5) is 5.13 Å². The fourth-order valence-electron chi connectivity index (χ4n) is 4.56. The number of carboxylic acids is 1. The number of nitrogens with one attached hydrogen (secondary N) is 1. The molecule has 4 aliphatic rings. The first-order valence-corrected chi connectivity index (χ1v) is 12.3. The quantitative estimate of drug-likeness (QED) is 0.180. The molecule has 2 amide bonds. The largest absolute Gasteiger partial charge is 0.543 e. The number of carbonyl (C=O) groups excluding carboxylic acids is 3. The molecule has 2 saturated heterocycles. The first kappa shape index (κ1) is 23.5. The molecule has 2 atom stereocenters. The van der Waals surface area contributed by atoms with Crippen molar-refractivity contribution in [2.45, 2.75) is 11.4 Å². The zero-order valence-electron chi connectivity index (χ0n) is 18.7. The zero-order chi connectivity index (χ0) is 24.9. The average Bonchev–Trinajstić information content (AvgIpc) is 3.50. The van der Waals surface area contributed by atoms with Gasteiger partial charge in [0.1, 0.15) is 37.5 Å². The minimum Gasteiger partial charge on any atom is -0.543 e. The Bertz CT molecular complexity index is 1230. The number of nitrogens with zero attached hydrogens (tertiary/aromatic N) is 5. The van der Waals surface area contributed by atoms with E-state index in [0.29, 0.717) is 35.6 Å². The maximum atomic E-state index is 13.0. The van der Waals surface area contributed by atoms with Crippen molar-refractivity contribution in [1.82, 2.24) is 19.6 Å². The van der Waals surface area contributed by atoms with Gasteiger partial charge in [0.25, 0.3) is 11.8 Å². The molecule has 1 aromatic heterocycles. The first-order valence-electron chi connectivity index (χ1n) is 10.5. The van der Waals surface area contributed by atoms with E-state index in [4.69, 9.17) is 15.3 Å². The number of rotatable bonds is 7. The standard InChI is InChI=1S/C20H21N7O6S2/c1-27(3-9-6-33-7-10(9)4-27)5-11-8-34-18-13(17(29)26(18)14(11)19(30)31)22-16(28)12(24-32-2)15-23-20(21)35-25-15/h3-4,13,18H,5-8H2,1-2H3,(H3-,21,22,23,25,28,30,31)/b24-12-/t13-,18-/m1/s1. The van der Waals surface area contributed by atoms with Gasteiger partial charge in [-0.1, -0.05) is 5.16 Å². The van der Waals surface area contributed by atoms with Crippen molar-refractivity contribution >= 4 is 51.9 Å². The lowest BCUT2D eigenvalue weighted by atomic mass is 10.0. The number of hydrogen-bond donors (Lipinski definition) is 2. The van der Waals surface area contributed by atoms with E-state index in [9.17, 15) is 19.5 Å². The second-order valence-corrected chi connectivity index (χ2v) is 10.4. The topological polar surface area (TPSA) is 172 Å². The lowest BCUT2D eigenvalue weighted by molar-refractivity contribution is -0.799. The van der Waals surface area contributed by atoms with Crippen LogP contribution in [0.25, 0.3) is 0 Å². The van der Waals surface area contributed by atoms with Crippen molar-refractivity contribution < 1.29 is 33.5 Å². The van der Waals surface area contributed by atoms with Crippen LogP contribution in [0.1, 0.15) is 5.82 Å². The van der Waals surface area contributed by atoms with Crippen LogP contribution in [0, 0.1) is 0 Å². The highest BCUT2D eigenvalue weighted by molar-refractivity contribution is 8.00. The van der Waals surface area contributed by atoms with E-state index < -0.39 is 29.2 Å². The van der Waals surface area contributed by atoms with Crippen molar-refractivity contribution in [2.24, 2.45) is 5.16 Å². The van der Waals surface area contributed by atoms with Crippen molar-refractivity contribution in [3.05, 3.63) is 40.6 Å². The molecular weight excluding hydrogens is 498 g/mol. The average molecular weight is 520 g/mol. The first-order chi connectivity index (χ1) is 16.7. The summed E-state index contributed by atoms with van der Waals surface area (Å²) < 4.78 is 9.76. The van der Waals surface area contributed by atoms with Gasteiger partial charge >= 0.3 is 0 Å². The smallest absolute Gasteiger partial charge is 0.278 e. The lowest BCUT2D eigenvalue weighted by Crippen LogP contribution is -2.71. The van der Waals surface area contributed by atoms with E-state index in [1.807, 2.05) is 19.4 Å². The van der Waals surface area contributed by atoms with Crippen molar-refractivity contribution in [3.8, 4) is 0 Å². The number of likely N-dealkylation sites (N-methyl/N-ethyl adjacent to an activating group) is 1. The van der Waals surface area contributed by atoms with Crippen LogP contribution in [0.15, 0.2) is 40.0 Å². The number of fused-ring (bicyclic) bond motifs is 2. The summed E-state index contributed by atoms with van der Waals surface area (Å²) in [6.45, 7) is 1.44. The summed E-state index contributed by atoms with van der Waals surface area (Å²) in [5.74, 6) is -2.40. The monoisotopic (exact) mass is 519 g/mol. The van der Waals surface area contributed by atoms with Gasteiger partial charge in [0.15, 0.2) is 5.13 Å². The number of oxime groups is 1. The van der Waals surface area contributed by atoms with Gasteiger partial charge in [0.05, 0.1) is 31.9 Å². The summed E-state index contributed by atoms with van der Waals surface area (Å²) >= 11 is 2.25. The highest BCUT2D eigenvalue weighted by Crippen LogP contribution is 2.41. The third-order valence-corrected chi connectivity index (χ3v) is 7.82. The van der Waals surface area contributed by atoms with Crippen LogP contribution in [-0.2, 0) is 24.0 Å². The fraction of sp³-hybridized carbons (Fsp3) is 0.400. The van der Waals surface area contributed by atoms with E-state index in [1.54, 1.807) is 0 Å². The Morgan fingerprint density at radius 2 is 2.11 bits per heavy atom. The molecule has 0 bridgehead atoms. The van der Waals surface area contributed by atoms with E-state index in [0.717, 1.165) is 22.7 Å². The van der Waals surface area contributed by atoms with Gasteiger partial charge in [-0.25, -0.2) is 0 Å². The number of quaternary nitrogens is 1.